The monoisotopic (exact) mass is 1350 g/mol. The number of unbranched alkanes of at least 4 members (excludes halogenated alkanes) is 18. The Morgan fingerprint density at radius 1 is 0.545 bits per heavy atom. The Balaban J connectivity index is 0.793. The zero-order valence-corrected chi connectivity index (χ0v) is 61.0. The number of nitrogen functional groups attached to an aromatic ring is 1. The topological polar surface area (TPSA) is 169 Å². The van der Waals surface area contributed by atoms with E-state index in [1.165, 1.54) is 148 Å². The van der Waals surface area contributed by atoms with E-state index in [2.05, 4.69) is 27.7 Å². The van der Waals surface area contributed by atoms with Gasteiger partial charge in [0.2, 0.25) is 6.41 Å². The van der Waals surface area contributed by atoms with Crippen LogP contribution in [0, 0.1) is 29.6 Å². The Bertz CT molecular complexity index is 3290. The summed E-state index contributed by atoms with van der Waals surface area (Å²) in [6.07, 6.45) is 43.6. The number of aldehydes is 2. The van der Waals surface area contributed by atoms with Crippen molar-refractivity contribution in [2.45, 2.75) is 265 Å². The summed E-state index contributed by atoms with van der Waals surface area (Å²) in [5.74, 6) is 5.14. The van der Waals surface area contributed by atoms with Gasteiger partial charge in [-0.3, -0.25) is 28.8 Å². The molecule has 12 heteroatoms. The van der Waals surface area contributed by atoms with Gasteiger partial charge in [0.25, 0.3) is 5.91 Å². The van der Waals surface area contributed by atoms with Crippen LogP contribution in [-0.4, -0.2) is 49.5 Å². The molecule has 0 radical (unpaired) electrons. The summed E-state index contributed by atoms with van der Waals surface area (Å²) in [6, 6.07) is 35.6. The van der Waals surface area contributed by atoms with Crippen molar-refractivity contribution in [1.82, 2.24) is 0 Å². The van der Waals surface area contributed by atoms with Gasteiger partial charge in [0, 0.05) is 59.4 Å². The molecule has 5 aromatic carbocycles. The minimum atomic E-state index is -0.391. The quantitative estimate of drug-likeness (QED) is 0.0170. The number of benzene rings is 5. The third-order valence-electron chi connectivity index (χ3n) is 21.1. The lowest BCUT2D eigenvalue weighted by atomic mass is 9.61. The zero-order valence-electron chi connectivity index (χ0n) is 61.0. The van der Waals surface area contributed by atoms with Crippen molar-refractivity contribution in [3.05, 3.63) is 172 Å². The number of anilines is 2. The highest BCUT2D eigenvalue weighted by Gasteiger charge is 2.38. The smallest absolute Gasteiger partial charge is 0.306 e. The minimum absolute atomic E-state index is 0.0813. The first-order valence-electron chi connectivity index (χ1n) is 38.2. The third kappa shape index (κ3) is 26.5. The predicted molar refractivity (Wildman–Crippen MR) is 401 cm³/mol. The molecular formula is C87H118N2O10. The van der Waals surface area contributed by atoms with E-state index in [-0.39, 0.29) is 34.9 Å². The van der Waals surface area contributed by atoms with Gasteiger partial charge in [-0.05, 0) is 171 Å². The van der Waals surface area contributed by atoms with Gasteiger partial charge in [-0.1, -0.05) is 230 Å². The lowest BCUT2D eigenvalue weighted by molar-refractivity contribution is -0.148. The molecule has 1 fully saturated rings. The molecule has 2 amide bonds. The number of nitrogens with zero attached hydrogens (tertiary/aromatic N) is 1. The van der Waals surface area contributed by atoms with Crippen molar-refractivity contribution >= 4 is 48.2 Å². The molecule has 7 rings (SSSR count). The van der Waals surface area contributed by atoms with Gasteiger partial charge in [0.05, 0.1) is 12.3 Å². The standard InChI is InChI=1S/C87H118N2O10/c1-7-9-11-13-18-23-29-69-39-40-70(82(81(69)31-25-12-10-8-2)32-26-20-15-17-21-27-33-84(93)96-58-57-67-35-47-76(88)48-36-67)30-24-19-14-16-22-28-34-85(94)97-66(4)60-68-37-49-77(50-38-68)89(64-92)86(95)71-42-56-83(65(3)59-71)99-79-54-45-75(46-55-79)87(5,6)74-43-52-78(53-44-74)98-80-51-41-72(62-90)73(61-80)63-91/h35-38,41-56,61-66,69-70,81-82H,7-34,39-40,57-60,88H2,1-6H3. The lowest BCUT2D eigenvalue weighted by Crippen LogP contribution is -2.35. The van der Waals surface area contributed by atoms with Crippen molar-refractivity contribution in [2.75, 3.05) is 17.2 Å². The van der Waals surface area contributed by atoms with Gasteiger partial charge in [0.1, 0.15) is 29.1 Å². The Labute approximate surface area is 594 Å². The molecule has 0 saturated heterocycles. The van der Waals surface area contributed by atoms with E-state index in [9.17, 15) is 28.8 Å². The van der Waals surface area contributed by atoms with Crippen molar-refractivity contribution < 1.29 is 47.7 Å². The van der Waals surface area contributed by atoms with Crippen LogP contribution in [0.3, 0.4) is 0 Å². The van der Waals surface area contributed by atoms with Crippen molar-refractivity contribution in [3.63, 3.8) is 0 Å². The van der Waals surface area contributed by atoms with E-state index in [1.54, 1.807) is 36.4 Å². The van der Waals surface area contributed by atoms with Crippen molar-refractivity contribution in [3.8, 4) is 17.2 Å². The SMILES string of the molecule is CCCCCCCCC1CCC(CCCCCCCCC(=O)OC(C)Cc2ccc(N(C=O)C(=O)C3=CC=C(Oc4ccc(C(C)(C)c5ccc(Oc6ccc(C=O)c(C=O)c6)cc5)cc4)C(C)C3)cc2)C(CCCCCCCCC(=O)OCCc2ccc(N)cc2)C1CCCCCC. The predicted octanol–water partition coefficient (Wildman–Crippen LogP) is 21.9. The maximum atomic E-state index is 13.8. The molecule has 2 aliphatic rings. The molecule has 0 aliphatic heterocycles. The molecule has 0 aromatic heterocycles. The van der Waals surface area contributed by atoms with Gasteiger partial charge in [0.15, 0.2) is 12.6 Å². The van der Waals surface area contributed by atoms with Gasteiger partial charge < -0.3 is 24.7 Å². The Hall–Kier alpha value is -7.60. The summed E-state index contributed by atoms with van der Waals surface area (Å²) in [4.78, 5) is 75.6. The fourth-order valence-electron chi connectivity index (χ4n) is 15.1. The van der Waals surface area contributed by atoms with Gasteiger partial charge in [-0.25, -0.2) is 4.90 Å². The molecule has 5 aromatic rings. The molecule has 2 N–H and O–H groups in total. The molecule has 2 aliphatic carbocycles. The first-order chi connectivity index (χ1) is 48.1. The molecule has 99 heavy (non-hydrogen) atoms. The fourth-order valence-corrected chi connectivity index (χ4v) is 15.1. The average Bonchev–Trinajstić information content (AvgIpc) is 0.807. The number of nitrogens with two attached hydrogens (primary N) is 1. The number of allylic oxidation sites excluding steroid dienone is 3. The Morgan fingerprint density at radius 2 is 1.03 bits per heavy atom. The van der Waals surface area contributed by atoms with E-state index >= 15 is 0 Å². The largest absolute Gasteiger partial charge is 0.465 e. The number of imide groups is 1. The van der Waals surface area contributed by atoms with E-state index in [0.29, 0.717) is 91.1 Å². The highest BCUT2D eigenvalue weighted by molar-refractivity contribution is 6.15. The highest BCUT2D eigenvalue weighted by atomic mass is 16.5. The van der Waals surface area contributed by atoms with Crippen LogP contribution in [-0.2, 0) is 46.9 Å². The number of esters is 2. The molecule has 0 heterocycles. The summed E-state index contributed by atoms with van der Waals surface area (Å²) in [5, 5.41) is 0. The van der Waals surface area contributed by atoms with E-state index in [1.807, 2.05) is 105 Å². The van der Waals surface area contributed by atoms with Crippen LogP contribution >= 0.6 is 0 Å². The minimum Gasteiger partial charge on any atom is -0.465 e. The maximum Gasteiger partial charge on any atom is 0.306 e. The second-order valence-corrected chi connectivity index (χ2v) is 29.1. The van der Waals surface area contributed by atoms with Crippen molar-refractivity contribution in [1.29, 1.82) is 0 Å². The maximum absolute atomic E-state index is 13.8. The summed E-state index contributed by atoms with van der Waals surface area (Å²) in [5.41, 5.74) is 12.0. The van der Waals surface area contributed by atoms with Gasteiger partial charge in [-0.15, -0.1) is 0 Å². The molecule has 1 saturated carbocycles. The fraction of sp³-hybridized carbons (Fsp3) is 0.540. The van der Waals surface area contributed by atoms with Gasteiger partial charge >= 0.3 is 11.9 Å². The van der Waals surface area contributed by atoms with Crippen LogP contribution < -0.4 is 20.1 Å². The lowest BCUT2D eigenvalue weighted by Gasteiger charge is -2.44. The van der Waals surface area contributed by atoms with Crippen LogP contribution in [0.15, 0.2) is 139 Å². The first-order valence-corrected chi connectivity index (χ1v) is 38.2. The molecule has 12 nitrogen and oxygen atoms in total. The number of hydrogen-bond donors (Lipinski definition) is 1. The normalized spacial score (nSPS) is 17.2. The number of hydrogen-bond acceptors (Lipinski definition) is 11. The second-order valence-electron chi connectivity index (χ2n) is 29.1. The van der Waals surface area contributed by atoms with Crippen LogP contribution in [0.5, 0.6) is 17.2 Å². The Kier molecular flexibility index (Phi) is 34.3. The Morgan fingerprint density at radius 3 is 1.57 bits per heavy atom. The van der Waals surface area contributed by atoms with Gasteiger partial charge in [-0.2, -0.15) is 0 Å². The summed E-state index contributed by atoms with van der Waals surface area (Å²) >= 11 is 0. The second kappa shape index (κ2) is 43.1. The van der Waals surface area contributed by atoms with Crippen LogP contribution in [0.4, 0.5) is 11.4 Å². The van der Waals surface area contributed by atoms with E-state index in [4.69, 9.17) is 24.7 Å². The van der Waals surface area contributed by atoms with Crippen LogP contribution in [0.2, 0.25) is 0 Å². The average molecular weight is 1350 g/mol. The van der Waals surface area contributed by atoms with Crippen LogP contribution in [0.1, 0.15) is 284 Å². The molecular weight excluding hydrogens is 1230 g/mol. The number of amides is 2. The summed E-state index contributed by atoms with van der Waals surface area (Å²) < 4.78 is 23.8. The molecule has 0 spiro atoms. The zero-order chi connectivity index (χ0) is 70.6. The molecule has 0 bridgehead atoms. The number of carbonyl (C=O) groups excluding carboxylic acids is 6. The summed E-state index contributed by atoms with van der Waals surface area (Å²) in [6.45, 7) is 13.3. The third-order valence-corrected chi connectivity index (χ3v) is 21.1. The first kappa shape index (κ1) is 78.7. The number of rotatable bonds is 47. The molecule has 6 unspecified atom stereocenters. The number of carbonyl (C=O) groups is 6. The summed E-state index contributed by atoms with van der Waals surface area (Å²) in [7, 11) is 0. The van der Waals surface area contributed by atoms with Crippen LogP contribution in [0.25, 0.3) is 0 Å². The van der Waals surface area contributed by atoms with Crippen molar-refractivity contribution in [2.24, 2.45) is 29.6 Å². The van der Waals surface area contributed by atoms with E-state index in [0.717, 1.165) is 95.0 Å². The molecule has 536 valence electrons. The van der Waals surface area contributed by atoms with E-state index < -0.39 is 5.91 Å². The molecule has 6 atom stereocenters. The number of ether oxygens (including phenoxy) is 4. The highest BCUT2D eigenvalue weighted by Crippen LogP contribution is 2.48.